The van der Waals surface area contributed by atoms with Crippen molar-refractivity contribution in [2.24, 2.45) is 5.92 Å². The Morgan fingerprint density at radius 3 is 2.54 bits per heavy atom. The van der Waals surface area contributed by atoms with Crippen LogP contribution in [0.1, 0.15) is 24.2 Å². The average Bonchev–Trinajstić information content (AvgIpc) is 3.50. The van der Waals surface area contributed by atoms with Crippen LogP contribution in [0.5, 0.6) is 0 Å². The smallest absolute Gasteiger partial charge is 0.240 e. The van der Waals surface area contributed by atoms with E-state index < -0.39 is 0 Å². The molecule has 1 fully saturated rings. The molecule has 0 atom stereocenters. The number of imidazole rings is 1. The minimum atomic E-state index is -0.308. The second kappa shape index (κ2) is 7.80. The molecule has 2 aromatic carbocycles. The van der Waals surface area contributed by atoms with Gasteiger partial charge in [-0.25, -0.2) is 9.37 Å². The quantitative estimate of drug-likeness (QED) is 0.661. The molecule has 28 heavy (non-hydrogen) atoms. The van der Waals surface area contributed by atoms with E-state index in [0.717, 1.165) is 29.4 Å². The number of para-hydroxylation sites is 2. The number of fused-ring (bicyclic) bond motifs is 1. The van der Waals surface area contributed by atoms with Crippen molar-refractivity contribution in [2.75, 3.05) is 0 Å². The van der Waals surface area contributed by atoms with Crippen molar-refractivity contribution in [1.82, 2.24) is 20.2 Å². The minimum Gasteiger partial charge on any atom is -0.350 e. The van der Waals surface area contributed by atoms with Gasteiger partial charge < -0.3 is 15.2 Å². The number of hydrogen-bond donors (Lipinski definition) is 2. The van der Waals surface area contributed by atoms with Crippen molar-refractivity contribution in [3.63, 3.8) is 0 Å². The first-order valence-electron chi connectivity index (χ1n) is 9.33. The number of hydrogen-bond acceptors (Lipinski definition) is 3. The van der Waals surface area contributed by atoms with E-state index >= 15 is 0 Å². The Kier molecular flexibility index (Phi) is 5.06. The summed E-state index contributed by atoms with van der Waals surface area (Å²) in [5.41, 5.74) is 2.45. The molecule has 3 aromatic rings. The SMILES string of the molecule is O=C(Cn1c(CNC(=O)C2CC2)nc2ccccc21)NCc1ccc(F)cc1. The molecule has 0 spiro atoms. The van der Waals surface area contributed by atoms with Crippen LogP contribution in [0.2, 0.25) is 0 Å². The predicted molar refractivity (Wildman–Crippen MR) is 103 cm³/mol. The standard InChI is InChI=1S/C21H21FN4O2/c22-16-9-5-14(6-10-16)11-23-20(27)13-26-18-4-2-1-3-17(18)25-19(26)12-24-21(28)15-7-8-15/h1-6,9-10,15H,7-8,11-13H2,(H,23,27)(H,24,28). The molecule has 7 heteroatoms. The monoisotopic (exact) mass is 380 g/mol. The predicted octanol–water partition coefficient (Wildman–Crippen LogP) is 2.52. The zero-order valence-corrected chi connectivity index (χ0v) is 15.3. The van der Waals surface area contributed by atoms with Crippen LogP contribution in [0.3, 0.4) is 0 Å². The largest absolute Gasteiger partial charge is 0.350 e. The molecule has 2 amide bonds. The van der Waals surface area contributed by atoms with Crippen LogP contribution in [-0.2, 0) is 29.2 Å². The minimum absolute atomic E-state index is 0.0411. The highest BCUT2D eigenvalue weighted by Gasteiger charge is 2.29. The van der Waals surface area contributed by atoms with Gasteiger partial charge in [-0.15, -0.1) is 0 Å². The third-order valence-corrected chi connectivity index (χ3v) is 4.81. The maximum atomic E-state index is 13.0. The summed E-state index contributed by atoms with van der Waals surface area (Å²) in [6, 6.07) is 13.6. The highest BCUT2D eigenvalue weighted by molar-refractivity contribution is 5.82. The number of rotatable bonds is 7. The summed E-state index contributed by atoms with van der Waals surface area (Å²) < 4.78 is 14.8. The molecule has 0 bridgehead atoms. The van der Waals surface area contributed by atoms with Crippen molar-refractivity contribution in [3.8, 4) is 0 Å². The van der Waals surface area contributed by atoms with E-state index in [0.29, 0.717) is 12.4 Å². The van der Waals surface area contributed by atoms with E-state index in [9.17, 15) is 14.0 Å². The Morgan fingerprint density at radius 1 is 1.04 bits per heavy atom. The Bertz CT molecular complexity index is 1010. The van der Waals surface area contributed by atoms with Gasteiger partial charge in [-0.1, -0.05) is 24.3 Å². The first-order valence-corrected chi connectivity index (χ1v) is 9.33. The summed E-state index contributed by atoms with van der Waals surface area (Å²) >= 11 is 0. The van der Waals surface area contributed by atoms with Crippen molar-refractivity contribution in [1.29, 1.82) is 0 Å². The highest BCUT2D eigenvalue weighted by atomic mass is 19.1. The van der Waals surface area contributed by atoms with Crippen molar-refractivity contribution >= 4 is 22.8 Å². The molecule has 4 rings (SSSR count). The number of nitrogens with one attached hydrogen (secondary N) is 2. The zero-order valence-electron chi connectivity index (χ0n) is 15.3. The maximum absolute atomic E-state index is 13.0. The van der Waals surface area contributed by atoms with Crippen LogP contribution in [0.25, 0.3) is 11.0 Å². The first-order chi connectivity index (χ1) is 13.6. The van der Waals surface area contributed by atoms with E-state index in [1.807, 2.05) is 28.8 Å². The Morgan fingerprint density at radius 2 is 1.79 bits per heavy atom. The third-order valence-electron chi connectivity index (χ3n) is 4.81. The lowest BCUT2D eigenvalue weighted by Gasteiger charge is -2.11. The molecule has 2 N–H and O–H groups in total. The van der Waals surface area contributed by atoms with Gasteiger partial charge in [0.1, 0.15) is 18.2 Å². The number of carbonyl (C=O) groups excluding carboxylic acids is 2. The fourth-order valence-electron chi connectivity index (χ4n) is 3.10. The van der Waals surface area contributed by atoms with Gasteiger partial charge in [0.05, 0.1) is 17.6 Å². The molecule has 0 aliphatic heterocycles. The van der Waals surface area contributed by atoms with Gasteiger partial charge >= 0.3 is 0 Å². The van der Waals surface area contributed by atoms with Gasteiger partial charge in [0.15, 0.2) is 0 Å². The molecule has 144 valence electrons. The molecule has 0 radical (unpaired) electrons. The van der Waals surface area contributed by atoms with Gasteiger partial charge in [-0.05, 0) is 42.7 Å². The number of nitrogens with zero attached hydrogens (tertiary/aromatic N) is 2. The molecule has 1 aliphatic carbocycles. The summed E-state index contributed by atoms with van der Waals surface area (Å²) in [6.45, 7) is 0.699. The lowest BCUT2D eigenvalue weighted by molar-refractivity contribution is -0.122. The molecule has 1 saturated carbocycles. The number of benzene rings is 2. The van der Waals surface area contributed by atoms with E-state index in [4.69, 9.17) is 0 Å². The molecule has 0 saturated heterocycles. The number of halogens is 1. The van der Waals surface area contributed by atoms with Gasteiger partial charge in [0.25, 0.3) is 0 Å². The molecular weight excluding hydrogens is 359 g/mol. The summed E-state index contributed by atoms with van der Waals surface area (Å²) in [5.74, 6) is 0.323. The third kappa shape index (κ3) is 4.19. The summed E-state index contributed by atoms with van der Waals surface area (Å²) in [6.07, 6.45) is 1.88. The Balaban J connectivity index is 1.46. The van der Waals surface area contributed by atoms with Gasteiger partial charge in [0.2, 0.25) is 11.8 Å². The van der Waals surface area contributed by atoms with E-state index in [1.54, 1.807) is 12.1 Å². The van der Waals surface area contributed by atoms with Crippen LogP contribution in [0.4, 0.5) is 4.39 Å². The molecular formula is C21H21FN4O2. The van der Waals surface area contributed by atoms with Gasteiger partial charge in [-0.2, -0.15) is 0 Å². The normalized spacial score (nSPS) is 13.5. The summed E-state index contributed by atoms with van der Waals surface area (Å²) in [4.78, 5) is 29.0. The molecule has 6 nitrogen and oxygen atoms in total. The molecule has 1 heterocycles. The summed E-state index contributed by atoms with van der Waals surface area (Å²) in [7, 11) is 0. The highest BCUT2D eigenvalue weighted by Crippen LogP contribution is 2.28. The Labute approximate surface area is 161 Å². The van der Waals surface area contributed by atoms with Crippen LogP contribution in [0, 0.1) is 11.7 Å². The number of amides is 2. The molecule has 1 aromatic heterocycles. The van der Waals surface area contributed by atoms with Crippen molar-refractivity contribution < 1.29 is 14.0 Å². The van der Waals surface area contributed by atoms with Crippen LogP contribution < -0.4 is 10.6 Å². The topological polar surface area (TPSA) is 76.0 Å². The number of aromatic nitrogens is 2. The van der Waals surface area contributed by atoms with Gasteiger partial charge in [0, 0.05) is 12.5 Å². The molecule has 0 unspecified atom stereocenters. The first kappa shape index (κ1) is 18.2. The fraction of sp³-hybridized carbons (Fsp3) is 0.286. The second-order valence-electron chi connectivity index (χ2n) is 7.00. The lowest BCUT2D eigenvalue weighted by atomic mass is 10.2. The summed E-state index contributed by atoms with van der Waals surface area (Å²) in [5, 5.41) is 5.75. The van der Waals surface area contributed by atoms with E-state index in [1.165, 1.54) is 12.1 Å². The fourth-order valence-corrected chi connectivity index (χ4v) is 3.10. The number of carbonyl (C=O) groups is 2. The molecule has 1 aliphatic rings. The zero-order chi connectivity index (χ0) is 19.5. The van der Waals surface area contributed by atoms with Crippen LogP contribution in [0.15, 0.2) is 48.5 Å². The average molecular weight is 380 g/mol. The second-order valence-corrected chi connectivity index (χ2v) is 7.00. The maximum Gasteiger partial charge on any atom is 0.240 e. The Hall–Kier alpha value is -3.22. The van der Waals surface area contributed by atoms with Gasteiger partial charge in [-0.3, -0.25) is 9.59 Å². The van der Waals surface area contributed by atoms with Crippen LogP contribution in [-0.4, -0.2) is 21.4 Å². The van der Waals surface area contributed by atoms with E-state index in [2.05, 4.69) is 15.6 Å². The lowest BCUT2D eigenvalue weighted by Crippen LogP contribution is -2.30. The van der Waals surface area contributed by atoms with Crippen molar-refractivity contribution in [2.45, 2.75) is 32.5 Å². The van der Waals surface area contributed by atoms with Crippen LogP contribution >= 0.6 is 0 Å². The van der Waals surface area contributed by atoms with E-state index in [-0.39, 0.29) is 36.6 Å². The van der Waals surface area contributed by atoms with Crippen molar-refractivity contribution in [3.05, 3.63) is 65.7 Å².